The Morgan fingerprint density at radius 2 is 2.11 bits per heavy atom. The second-order valence-corrected chi connectivity index (χ2v) is 6.40. The largest absolute Gasteiger partial charge is 0.393 e. The lowest BCUT2D eigenvalue weighted by molar-refractivity contribution is 0.141. The zero-order chi connectivity index (χ0) is 13.7. The second kappa shape index (κ2) is 7.24. The fourth-order valence-corrected chi connectivity index (χ4v) is 3.24. The maximum Gasteiger partial charge on any atom is 0.0591 e. The van der Waals surface area contributed by atoms with Crippen molar-refractivity contribution in [2.75, 3.05) is 13.6 Å². The molecule has 3 unspecified atom stereocenters. The van der Waals surface area contributed by atoms with Crippen LogP contribution in [0.25, 0.3) is 0 Å². The van der Waals surface area contributed by atoms with Crippen LogP contribution in [0.3, 0.4) is 0 Å². The first-order valence-electron chi connectivity index (χ1n) is 6.66. The molecule has 4 heteroatoms. The molecule has 18 heavy (non-hydrogen) atoms. The highest BCUT2D eigenvalue weighted by Crippen LogP contribution is 2.30. The summed E-state index contributed by atoms with van der Waals surface area (Å²) in [4.78, 5) is 4.92. The maximum absolute atomic E-state index is 9.40. The first-order chi connectivity index (χ1) is 8.45. The molecule has 1 rings (SSSR count). The van der Waals surface area contributed by atoms with Gasteiger partial charge in [-0.1, -0.05) is 6.92 Å². The van der Waals surface area contributed by atoms with E-state index in [1.165, 1.54) is 9.75 Å². The third kappa shape index (κ3) is 4.35. The van der Waals surface area contributed by atoms with Gasteiger partial charge in [-0.3, -0.25) is 4.90 Å². The summed E-state index contributed by atoms with van der Waals surface area (Å²) in [7, 11) is 2.09. The zero-order valence-corrected chi connectivity index (χ0v) is 12.7. The van der Waals surface area contributed by atoms with Crippen molar-refractivity contribution in [3.63, 3.8) is 0 Å². The van der Waals surface area contributed by atoms with E-state index in [1.807, 2.05) is 18.3 Å². The zero-order valence-electron chi connectivity index (χ0n) is 11.9. The van der Waals surface area contributed by atoms with Crippen LogP contribution < -0.4 is 5.73 Å². The lowest BCUT2D eigenvalue weighted by Crippen LogP contribution is -2.39. The van der Waals surface area contributed by atoms with Gasteiger partial charge in [0.1, 0.15) is 0 Å². The molecule has 0 aliphatic carbocycles. The molecule has 0 bridgehead atoms. The smallest absolute Gasteiger partial charge is 0.0591 e. The summed E-state index contributed by atoms with van der Waals surface area (Å²) < 4.78 is 0. The predicted molar refractivity (Wildman–Crippen MR) is 79.0 cm³/mol. The quantitative estimate of drug-likeness (QED) is 0.800. The number of rotatable bonds is 7. The summed E-state index contributed by atoms with van der Waals surface area (Å²) >= 11 is 1.82. The Bertz CT molecular complexity index is 351. The molecule has 0 saturated carbocycles. The highest BCUT2D eigenvalue weighted by Gasteiger charge is 2.24. The van der Waals surface area contributed by atoms with Crippen molar-refractivity contribution < 1.29 is 5.11 Å². The molecule has 0 radical (unpaired) electrons. The monoisotopic (exact) mass is 270 g/mol. The standard InChI is InChI=1S/C14H26N2OS/c1-5-12(15)14(13-7-6-11(3)18-13)16(4)9-8-10(2)17/h6-7,10,12,14,17H,5,8-9,15H2,1-4H3. The number of nitrogens with zero attached hydrogens (tertiary/aromatic N) is 1. The Morgan fingerprint density at radius 1 is 1.44 bits per heavy atom. The van der Waals surface area contributed by atoms with Gasteiger partial charge in [-0.05, 0) is 45.9 Å². The van der Waals surface area contributed by atoms with Crippen LogP contribution in [0.4, 0.5) is 0 Å². The van der Waals surface area contributed by atoms with Crippen molar-refractivity contribution in [1.29, 1.82) is 0 Å². The van der Waals surface area contributed by atoms with E-state index in [4.69, 9.17) is 5.73 Å². The summed E-state index contributed by atoms with van der Waals surface area (Å²) in [5.74, 6) is 0. The molecular formula is C14H26N2OS. The van der Waals surface area contributed by atoms with Crippen molar-refractivity contribution in [1.82, 2.24) is 4.90 Å². The minimum absolute atomic E-state index is 0.141. The summed E-state index contributed by atoms with van der Waals surface area (Å²) in [6.45, 7) is 6.95. The van der Waals surface area contributed by atoms with Gasteiger partial charge in [0.25, 0.3) is 0 Å². The second-order valence-electron chi connectivity index (χ2n) is 5.08. The third-order valence-electron chi connectivity index (χ3n) is 3.30. The van der Waals surface area contributed by atoms with Gasteiger partial charge in [0.05, 0.1) is 12.1 Å². The van der Waals surface area contributed by atoms with E-state index in [0.717, 1.165) is 19.4 Å². The molecule has 0 aromatic carbocycles. The lowest BCUT2D eigenvalue weighted by Gasteiger charge is -2.32. The number of aliphatic hydroxyl groups is 1. The first kappa shape index (κ1) is 15.6. The van der Waals surface area contributed by atoms with Crippen molar-refractivity contribution in [2.24, 2.45) is 5.73 Å². The average Bonchev–Trinajstić information content (AvgIpc) is 2.73. The van der Waals surface area contributed by atoms with Crippen LogP contribution in [0, 0.1) is 6.92 Å². The highest BCUT2D eigenvalue weighted by molar-refractivity contribution is 7.12. The summed E-state index contributed by atoms with van der Waals surface area (Å²) in [5.41, 5.74) is 6.27. The van der Waals surface area contributed by atoms with E-state index in [2.05, 4.69) is 37.9 Å². The lowest BCUT2D eigenvalue weighted by atomic mass is 10.0. The van der Waals surface area contributed by atoms with Gasteiger partial charge < -0.3 is 10.8 Å². The molecule has 0 fully saturated rings. The molecule has 3 atom stereocenters. The maximum atomic E-state index is 9.40. The number of likely N-dealkylation sites (N-methyl/N-ethyl adjacent to an activating group) is 1. The van der Waals surface area contributed by atoms with Crippen molar-refractivity contribution in [3.05, 3.63) is 21.9 Å². The molecule has 0 spiro atoms. The van der Waals surface area contributed by atoms with Crippen molar-refractivity contribution in [2.45, 2.75) is 51.8 Å². The van der Waals surface area contributed by atoms with Crippen LogP contribution >= 0.6 is 11.3 Å². The molecule has 0 aliphatic heterocycles. The van der Waals surface area contributed by atoms with Gasteiger partial charge >= 0.3 is 0 Å². The summed E-state index contributed by atoms with van der Waals surface area (Å²) in [6, 6.07) is 4.73. The Hall–Kier alpha value is -0.420. The Kier molecular flexibility index (Phi) is 6.29. The van der Waals surface area contributed by atoms with Gasteiger partial charge in [0.2, 0.25) is 0 Å². The predicted octanol–water partition coefficient (Wildman–Crippen LogP) is 2.54. The number of hydrogen-bond acceptors (Lipinski definition) is 4. The first-order valence-corrected chi connectivity index (χ1v) is 7.47. The highest BCUT2D eigenvalue weighted by atomic mass is 32.1. The molecule has 1 heterocycles. The van der Waals surface area contributed by atoms with Gasteiger partial charge in [-0.15, -0.1) is 11.3 Å². The van der Waals surface area contributed by atoms with Gasteiger partial charge in [0, 0.05) is 22.3 Å². The van der Waals surface area contributed by atoms with E-state index < -0.39 is 0 Å². The average molecular weight is 270 g/mol. The van der Waals surface area contributed by atoms with Crippen LogP contribution in [0.5, 0.6) is 0 Å². The molecule has 1 aromatic heterocycles. The molecule has 3 N–H and O–H groups in total. The molecule has 0 saturated heterocycles. The molecule has 3 nitrogen and oxygen atoms in total. The minimum atomic E-state index is -0.254. The fourth-order valence-electron chi connectivity index (χ4n) is 2.12. The third-order valence-corrected chi connectivity index (χ3v) is 4.38. The number of hydrogen-bond donors (Lipinski definition) is 2. The van der Waals surface area contributed by atoms with Crippen LogP contribution in [0.15, 0.2) is 12.1 Å². The summed E-state index contributed by atoms with van der Waals surface area (Å²) in [6.07, 6.45) is 1.49. The van der Waals surface area contributed by atoms with Crippen LogP contribution in [0.2, 0.25) is 0 Å². The normalized spacial score (nSPS) is 16.8. The van der Waals surface area contributed by atoms with E-state index in [-0.39, 0.29) is 18.2 Å². The molecule has 0 aliphatic rings. The van der Waals surface area contributed by atoms with Gasteiger partial charge in [0.15, 0.2) is 0 Å². The fraction of sp³-hybridized carbons (Fsp3) is 0.714. The van der Waals surface area contributed by atoms with E-state index in [9.17, 15) is 5.11 Å². The van der Waals surface area contributed by atoms with E-state index >= 15 is 0 Å². The topological polar surface area (TPSA) is 49.5 Å². The molecule has 1 aromatic rings. The number of thiophene rings is 1. The molecule has 104 valence electrons. The van der Waals surface area contributed by atoms with Crippen molar-refractivity contribution in [3.8, 4) is 0 Å². The number of nitrogens with two attached hydrogens (primary N) is 1. The number of aliphatic hydroxyl groups excluding tert-OH is 1. The van der Waals surface area contributed by atoms with Crippen LogP contribution in [0.1, 0.15) is 42.5 Å². The Labute approximate surface area is 115 Å². The van der Waals surface area contributed by atoms with Crippen LogP contribution in [-0.4, -0.2) is 35.7 Å². The summed E-state index contributed by atoms with van der Waals surface area (Å²) in [5, 5.41) is 9.40. The SMILES string of the molecule is CCC(N)C(c1ccc(C)s1)N(C)CCC(C)O. The number of aryl methyl sites for hydroxylation is 1. The van der Waals surface area contributed by atoms with Crippen LogP contribution in [-0.2, 0) is 0 Å². The molecule has 0 amide bonds. The minimum Gasteiger partial charge on any atom is -0.393 e. The van der Waals surface area contributed by atoms with Gasteiger partial charge in [-0.25, -0.2) is 0 Å². The van der Waals surface area contributed by atoms with Crippen molar-refractivity contribution >= 4 is 11.3 Å². The molecular weight excluding hydrogens is 244 g/mol. The Balaban J connectivity index is 2.78. The van der Waals surface area contributed by atoms with E-state index in [0.29, 0.717) is 0 Å². The van der Waals surface area contributed by atoms with E-state index in [1.54, 1.807) is 0 Å². The van der Waals surface area contributed by atoms with Gasteiger partial charge in [-0.2, -0.15) is 0 Å². The Morgan fingerprint density at radius 3 is 2.56 bits per heavy atom.